The van der Waals surface area contributed by atoms with Crippen LogP contribution >= 0.6 is 11.6 Å². The Morgan fingerprint density at radius 3 is 2.80 bits per heavy atom. The average molecular weight is 294 g/mol. The van der Waals surface area contributed by atoms with Gasteiger partial charge < -0.3 is 5.32 Å². The molecule has 0 aliphatic carbocycles. The van der Waals surface area contributed by atoms with E-state index in [4.69, 9.17) is 11.6 Å². The molecule has 0 spiro atoms. The molecule has 108 valence electrons. The lowest BCUT2D eigenvalue weighted by Crippen LogP contribution is -2.23. The van der Waals surface area contributed by atoms with E-state index in [9.17, 15) is 0 Å². The maximum absolute atomic E-state index is 6.04. The van der Waals surface area contributed by atoms with Crippen molar-refractivity contribution in [2.45, 2.75) is 33.4 Å². The van der Waals surface area contributed by atoms with Crippen LogP contribution in [0.5, 0.6) is 0 Å². The van der Waals surface area contributed by atoms with Crippen molar-refractivity contribution >= 4 is 11.6 Å². The molecule has 6 heteroatoms. The van der Waals surface area contributed by atoms with E-state index >= 15 is 0 Å². The number of tetrazole rings is 1. The Balaban J connectivity index is 2.10. The minimum absolute atomic E-state index is 0.0551. The fourth-order valence-electron chi connectivity index (χ4n) is 2.01. The first kappa shape index (κ1) is 14.9. The van der Waals surface area contributed by atoms with E-state index in [0.717, 1.165) is 23.0 Å². The molecule has 0 amide bonds. The molecule has 0 radical (unpaired) electrons. The third kappa shape index (κ3) is 3.77. The van der Waals surface area contributed by atoms with Gasteiger partial charge in [0.2, 0.25) is 0 Å². The Bertz CT molecular complexity index is 552. The van der Waals surface area contributed by atoms with Crippen LogP contribution in [-0.4, -0.2) is 26.8 Å². The SMILES string of the molecule is CC(C)CNCc1nnnn1C(C)c1cccc(Cl)c1. The number of nitrogens with one attached hydrogen (secondary N) is 1. The van der Waals surface area contributed by atoms with Gasteiger partial charge in [-0.05, 0) is 47.5 Å². The lowest BCUT2D eigenvalue weighted by atomic mass is 10.1. The Labute approximate surface area is 124 Å². The molecule has 1 atom stereocenters. The fourth-order valence-corrected chi connectivity index (χ4v) is 2.21. The van der Waals surface area contributed by atoms with Gasteiger partial charge in [-0.1, -0.05) is 37.6 Å². The number of aromatic nitrogens is 4. The van der Waals surface area contributed by atoms with Gasteiger partial charge in [-0.3, -0.25) is 0 Å². The molecule has 1 heterocycles. The minimum atomic E-state index is 0.0551. The highest BCUT2D eigenvalue weighted by Crippen LogP contribution is 2.20. The second kappa shape index (κ2) is 6.81. The van der Waals surface area contributed by atoms with Gasteiger partial charge >= 0.3 is 0 Å². The number of benzene rings is 1. The molecule has 0 fully saturated rings. The van der Waals surface area contributed by atoms with Crippen molar-refractivity contribution in [3.8, 4) is 0 Å². The summed E-state index contributed by atoms with van der Waals surface area (Å²) in [6, 6.07) is 7.83. The van der Waals surface area contributed by atoms with E-state index in [1.807, 2.05) is 28.9 Å². The van der Waals surface area contributed by atoms with Crippen LogP contribution in [0, 0.1) is 5.92 Å². The molecule has 0 saturated carbocycles. The van der Waals surface area contributed by atoms with Gasteiger partial charge in [0.1, 0.15) is 0 Å². The Morgan fingerprint density at radius 2 is 2.10 bits per heavy atom. The van der Waals surface area contributed by atoms with Crippen molar-refractivity contribution in [2.24, 2.45) is 5.92 Å². The lowest BCUT2D eigenvalue weighted by Gasteiger charge is -2.14. The summed E-state index contributed by atoms with van der Waals surface area (Å²) in [5.74, 6) is 1.43. The van der Waals surface area contributed by atoms with E-state index in [1.165, 1.54) is 0 Å². The second-order valence-corrected chi connectivity index (χ2v) is 5.73. The molecule has 0 saturated heterocycles. The van der Waals surface area contributed by atoms with Crippen LogP contribution in [0.25, 0.3) is 0 Å². The minimum Gasteiger partial charge on any atom is -0.310 e. The van der Waals surface area contributed by atoms with Gasteiger partial charge in [-0.2, -0.15) is 0 Å². The highest BCUT2D eigenvalue weighted by atomic mass is 35.5. The fraction of sp³-hybridized carbons (Fsp3) is 0.500. The summed E-state index contributed by atoms with van der Waals surface area (Å²) in [5, 5.41) is 16.0. The average Bonchev–Trinajstić information content (AvgIpc) is 2.86. The summed E-state index contributed by atoms with van der Waals surface area (Å²) in [7, 11) is 0. The summed E-state index contributed by atoms with van der Waals surface area (Å²) in [4.78, 5) is 0. The second-order valence-electron chi connectivity index (χ2n) is 5.30. The zero-order valence-corrected chi connectivity index (χ0v) is 12.8. The molecule has 2 rings (SSSR count). The number of halogens is 1. The van der Waals surface area contributed by atoms with E-state index < -0.39 is 0 Å². The highest BCUT2D eigenvalue weighted by Gasteiger charge is 2.14. The van der Waals surface area contributed by atoms with Crippen molar-refractivity contribution in [3.05, 3.63) is 40.7 Å². The van der Waals surface area contributed by atoms with Gasteiger partial charge in [0.05, 0.1) is 12.6 Å². The third-order valence-electron chi connectivity index (χ3n) is 3.09. The van der Waals surface area contributed by atoms with Gasteiger partial charge in [-0.25, -0.2) is 4.68 Å². The van der Waals surface area contributed by atoms with Gasteiger partial charge in [-0.15, -0.1) is 5.10 Å². The number of hydrogen-bond donors (Lipinski definition) is 1. The van der Waals surface area contributed by atoms with Crippen molar-refractivity contribution in [1.29, 1.82) is 0 Å². The first-order valence-corrected chi connectivity index (χ1v) is 7.18. The Kier molecular flexibility index (Phi) is 5.09. The van der Waals surface area contributed by atoms with E-state index in [-0.39, 0.29) is 6.04 Å². The maximum Gasteiger partial charge on any atom is 0.165 e. The molecular weight excluding hydrogens is 274 g/mol. The van der Waals surface area contributed by atoms with E-state index in [1.54, 1.807) is 0 Å². The summed E-state index contributed by atoms with van der Waals surface area (Å²) in [5.41, 5.74) is 1.09. The number of rotatable bonds is 6. The quantitative estimate of drug-likeness (QED) is 0.890. The molecule has 20 heavy (non-hydrogen) atoms. The third-order valence-corrected chi connectivity index (χ3v) is 3.33. The van der Waals surface area contributed by atoms with Gasteiger partial charge in [0.25, 0.3) is 0 Å². The Morgan fingerprint density at radius 1 is 1.30 bits per heavy atom. The molecule has 1 aromatic heterocycles. The van der Waals surface area contributed by atoms with Crippen LogP contribution in [0.2, 0.25) is 5.02 Å². The van der Waals surface area contributed by atoms with Crippen LogP contribution in [-0.2, 0) is 6.54 Å². The first-order chi connectivity index (χ1) is 9.58. The molecule has 0 bridgehead atoms. The zero-order valence-electron chi connectivity index (χ0n) is 12.0. The number of nitrogens with zero attached hydrogens (tertiary/aromatic N) is 4. The highest BCUT2D eigenvalue weighted by molar-refractivity contribution is 6.30. The summed E-state index contributed by atoms with van der Waals surface area (Å²) < 4.78 is 1.83. The van der Waals surface area contributed by atoms with Crippen LogP contribution in [0.3, 0.4) is 0 Å². The summed E-state index contributed by atoms with van der Waals surface area (Å²) >= 11 is 6.04. The largest absolute Gasteiger partial charge is 0.310 e. The molecule has 0 aliphatic rings. The van der Waals surface area contributed by atoms with Gasteiger partial charge in [0.15, 0.2) is 5.82 Å². The molecule has 1 aromatic carbocycles. The normalized spacial score (nSPS) is 12.8. The lowest BCUT2D eigenvalue weighted by molar-refractivity contribution is 0.488. The van der Waals surface area contributed by atoms with Crippen LogP contribution < -0.4 is 5.32 Å². The van der Waals surface area contributed by atoms with Crippen molar-refractivity contribution in [3.63, 3.8) is 0 Å². The van der Waals surface area contributed by atoms with Crippen LogP contribution in [0.4, 0.5) is 0 Å². The predicted octanol–water partition coefficient (Wildman–Crippen LogP) is 2.68. The topological polar surface area (TPSA) is 55.6 Å². The molecule has 5 nitrogen and oxygen atoms in total. The van der Waals surface area contributed by atoms with E-state index in [0.29, 0.717) is 12.5 Å². The summed E-state index contributed by atoms with van der Waals surface area (Å²) in [6.45, 7) is 8.01. The molecule has 1 N–H and O–H groups in total. The molecule has 1 unspecified atom stereocenters. The van der Waals surface area contributed by atoms with Gasteiger partial charge in [0, 0.05) is 5.02 Å². The molecular formula is C14H20ClN5. The van der Waals surface area contributed by atoms with Crippen molar-refractivity contribution in [2.75, 3.05) is 6.54 Å². The predicted molar refractivity (Wildman–Crippen MR) is 79.6 cm³/mol. The smallest absolute Gasteiger partial charge is 0.165 e. The Hall–Kier alpha value is -1.46. The standard InChI is InChI=1S/C14H20ClN5/c1-10(2)8-16-9-14-17-18-19-20(14)11(3)12-5-4-6-13(15)7-12/h4-7,10-11,16H,8-9H2,1-3H3. The molecule has 2 aromatic rings. The zero-order chi connectivity index (χ0) is 14.5. The first-order valence-electron chi connectivity index (χ1n) is 6.81. The summed E-state index contributed by atoms with van der Waals surface area (Å²) in [6.07, 6.45) is 0. The number of hydrogen-bond acceptors (Lipinski definition) is 4. The van der Waals surface area contributed by atoms with E-state index in [2.05, 4.69) is 41.6 Å². The maximum atomic E-state index is 6.04. The monoisotopic (exact) mass is 293 g/mol. The van der Waals surface area contributed by atoms with Crippen LogP contribution in [0.15, 0.2) is 24.3 Å². The van der Waals surface area contributed by atoms with Crippen LogP contribution in [0.1, 0.15) is 38.2 Å². The van der Waals surface area contributed by atoms with Crippen molar-refractivity contribution in [1.82, 2.24) is 25.5 Å². The molecule has 0 aliphatic heterocycles. The van der Waals surface area contributed by atoms with Crippen molar-refractivity contribution < 1.29 is 0 Å².